The highest BCUT2D eigenvalue weighted by Crippen LogP contribution is 2.14. The van der Waals surface area contributed by atoms with Gasteiger partial charge in [-0.1, -0.05) is 26.0 Å². The highest BCUT2D eigenvalue weighted by molar-refractivity contribution is 5.75. The number of hydrogen-bond donors (Lipinski definition) is 1. The molecule has 0 radical (unpaired) electrons. The minimum Gasteiger partial charge on any atom is -0.508 e. The fourth-order valence-electron chi connectivity index (χ4n) is 1.60. The van der Waals surface area contributed by atoms with Gasteiger partial charge in [0.05, 0.1) is 12.7 Å². The largest absolute Gasteiger partial charge is 0.508 e. The van der Waals surface area contributed by atoms with Gasteiger partial charge in [0, 0.05) is 6.42 Å². The number of esters is 1. The van der Waals surface area contributed by atoms with Crippen molar-refractivity contribution in [3.63, 3.8) is 0 Å². The zero-order valence-electron chi connectivity index (χ0n) is 13.1. The number of aromatic hydroxyl groups is 1. The fourth-order valence-corrected chi connectivity index (χ4v) is 1.60. The second-order valence-corrected chi connectivity index (χ2v) is 4.30. The summed E-state index contributed by atoms with van der Waals surface area (Å²) in [5, 5.41) is 9.21. The van der Waals surface area contributed by atoms with Crippen LogP contribution in [0.3, 0.4) is 0 Å². The molecule has 0 aliphatic rings. The Kier molecular flexibility index (Phi) is 9.47. The standard InChI is InChI=1S/C14H20O4.C2H6/c1-4-17-14(16)13(18-10(2)3)9-11-5-7-12(15)8-6-11;1-2/h5-8,10,13,15H,4,9H2,1-3H3;1-2H3. The van der Waals surface area contributed by atoms with E-state index in [1.807, 2.05) is 27.7 Å². The zero-order chi connectivity index (χ0) is 15.5. The molecule has 0 saturated heterocycles. The van der Waals surface area contributed by atoms with Gasteiger partial charge in [-0.15, -0.1) is 0 Å². The van der Waals surface area contributed by atoms with E-state index in [0.29, 0.717) is 13.0 Å². The van der Waals surface area contributed by atoms with Crippen LogP contribution < -0.4 is 0 Å². The number of carbonyl (C=O) groups excluding carboxylic acids is 1. The van der Waals surface area contributed by atoms with Crippen LogP contribution in [0.15, 0.2) is 24.3 Å². The maximum Gasteiger partial charge on any atom is 0.335 e. The molecule has 1 atom stereocenters. The van der Waals surface area contributed by atoms with Crippen molar-refractivity contribution < 1.29 is 19.4 Å². The average molecular weight is 282 g/mol. The van der Waals surface area contributed by atoms with Gasteiger partial charge in [0.25, 0.3) is 0 Å². The second kappa shape index (κ2) is 10.3. The van der Waals surface area contributed by atoms with Gasteiger partial charge in [-0.25, -0.2) is 4.79 Å². The summed E-state index contributed by atoms with van der Waals surface area (Å²) in [7, 11) is 0. The topological polar surface area (TPSA) is 55.8 Å². The van der Waals surface area contributed by atoms with Crippen molar-refractivity contribution in [1.82, 2.24) is 0 Å². The van der Waals surface area contributed by atoms with Crippen molar-refractivity contribution in [2.75, 3.05) is 6.61 Å². The number of carbonyl (C=O) groups is 1. The second-order valence-electron chi connectivity index (χ2n) is 4.30. The summed E-state index contributed by atoms with van der Waals surface area (Å²) in [6, 6.07) is 6.72. The number of rotatable bonds is 6. The summed E-state index contributed by atoms with van der Waals surface area (Å²) >= 11 is 0. The van der Waals surface area contributed by atoms with E-state index in [0.717, 1.165) is 5.56 Å². The van der Waals surface area contributed by atoms with Gasteiger partial charge in [0.1, 0.15) is 5.75 Å². The van der Waals surface area contributed by atoms with Gasteiger partial charge in [-0.2, -0.15) is 0 Å². The smallest absolute Gasteiger partial charge is 0.335 e. The van der Waals surface area contributed by atoms with Gasteiger partial charge in [0.15, 0.2) is 6.10 Å². The third-order valence-corrected chi connectivity index (χ3v) is 2.34. The Labute approximate surface area is 121 Å². The van der Waals surface area contributed by atoms with Crippen LogP contribution in [0.4, 0.5) is 0 Å². The zero-order valence-corrected chi connectivity index (χ0v) is 13.1. The van der Waals surface area contributed by atoms with E-state index in [9.17, 15) is 9.90 Å². The molecule has 0 aromatic heterocycles. The first-order valence-electron chi connectivity index (χ1n) is 7.13. The van der Waals surface area contributed by atoms with E-state index in [1.54, 1.807) is 31.2 Å². The highest BCUT2D eigenvalue weighted by Gasteiger charge is 2.22. The molecule has 1 rings (SSSR count). The van der Waals surface area contributed by atoms with Crippen molar-refractivity contribution in [2.45, 2.75) is 53.2 Å². The summed E-state index contributed by atoms with van der Waals surface area (Å²) in [5.41, 5.74) is 0.923. The molecule has 0 amide bonds. The van der Waals surface area contributed by atoms with E-state index < -0.39 is 6.10 Å². The molecule has 1 N–H and O–H groups in total. The van der Waals surface area contributed by atoms with E-state index in [-0.39, 0.29) is 17.8 Å². The first kappa shape index (κ1) is 18.4. The Morgan fingerprint density at radius 3 is 2.20 bits per heavy atom. The maximum absolute atomic E-state index is 11.8. The fraction of sp³-hybridized carbons (Fsp3) is 0.562. The van der Waals surface area contributed by atoms with Crippen molar-refractivity contribution in [1.29, 1.82) is 0 Å². The molecule has 1 aromatic rings. The van der Waals surface area contributed by atoms with Gasteiger partial charge in [0.2, 0.25) is 0 Å². The normalized spacial score (nSPS) is 11.5. The van der Waals surface area contributed by atoms with E-state index in [2.05, 4.69) is 0 Å². The average Bonchev–Trinajstić information content (AvgIpc) is 2.42. The van der Waals surface area contributed by atoms with Crippen LogP contribution in [-0.4, -0.2) is 29.9 Å². The molecule has 20 heavy (non-hydrogen) atoms. The number of phenols is 1. The Bertz CT molecular complexity index is 371. The molecular formula is C16H26O4. The van der Waals surface area contributed by atoms with Crippen LogP contribution in [0.2, 0.25) is 0 Å². The van der Waals surface area contributed by atoms with Gasteiger partial charge < -0.3 is 14.6 Å². The Morgan fingerprint density at radius 1 is 1.20 bits per heavy atom. The highest BCUT2D eigenvalue weighted by atomic mass is 16.6. The minimum absolute atomic E-state index is 0.0449. The van der Waals surface area contributed by atoms with E-state index in [1.165, 1.54) is 0 Å². The molecule has 114 valence electrons. The van der Waals surface area contributed by atoms with Crippen LogP contribution in [0, 0.1) is 0 Å². The lowest BCUT2D eigenvalue weighted by Gasteiger charge is -2.19. The van der Waals surface area contributed by atoms with Crippen LogP contribution in [0.5, 0.6) is 5.75 Å². The van der Waals surface area contributed by atoms with Crippen LogP contribution in [-0.2, 0) is 20.7 Å². The SMILES string of the molecule is CC.CCOC(=O)C(Cc1ccc(O)cc1)OC(C)C. The van der Waals surface area contributed by atoms with Crippen molar-refractivity contribution in [3.05, 3.63) is 29.8 Å². The summed E-state index contributed by atoms with van der Waals surface area (Å²) < 4.78 is 10.5. The summed E-state index contributed by atoms with van der Waals surface area (Å²) in [6.45, 7) is 9.86. The van der Waals surface area contributed by atoms with Gasteiger partial charge >= 0.3 is 5.97 Å². The molecule has 1 unspecified atom stereocenters. The molecule has 4 nitrogen and oxygen atoms in total. The minimum atomic E-state index is -0.602. The molecule has 0 fully saturated rings. The molecule has 0 aliphatic heterocycles. The molecule has 0 saturated carbocycles. The summed E-state index contributed by atoms with van der Waals surface area (Å²) in [6.07, 6.45) is -0.205. The van der Waals surface area contributed by atoms with Crippen LogP contribution in [0.1, 0.15) is 40.2 Å². The number of phenolic OH excluding ortho intramolecular Hbond substituents is 1. The third-order valence-electron chi connectivity index (χ3n) is 2.34. The molecular weight excluding hydrogens is 256 g/mol. The Morgan fingerprint density at radius 2 is 1.75 bits per heavy atom. The first-order chi connectivity index (χ1) is 9.52. The quantitative estimate of drug-likeness (QED) is 0.813. The molecule has 0 bridgehead atoms. The third kappa shape index (κ3) is 7.14. The summed E-state index contributed by atoms with van der Waals surface area (Å²) in [4.78, 5) is 11.8. The predicted octanol–water partition coefficient (Wildman–Crippen LogP) is 3.32. The number of ether oxygens (including phenoxy) is 2. The number of hydrogen-bond acceptors (Lipinski definition) is 4. The lowest BCUT2D eigenvalue weighted by atomic mass is 10.1. The number of benzene rings is 1. The van der Waals surface area contributed by atoms with Gasteiger partial charge in [-0.05, 0) is 38.5 Å². The monoisotopic (exact) mass is 282 g/mol. The lowest BCUT2D eigenvalue weighted by molar-refractivity contribution is -0.159. The molecule has 0 heterocycles. The van der Waals surface area contributed by atoms with E-state index >= 15 is 0 Å². The summed E-state index contributed by atoms with van der Waals surface area (Å²) in [5.74, 6) is -0.143. The molecule has 4 heteroatoms. The Balaban J connectivity index is 0.00000172. The van der Waals surface area contributed by atoms with Crippen LogP contribution in [0.25, 0.3) is 0 Å². The Hall–Kier alpha value is -1.55. The van der Waals surface area contributed by atoms with Crippen molar-refractivity contribution in [3.8, 4) is 5.75 Å². The van der Waals surface area contributed by atoms with Crippen molar-refractivity contribution in [2.24, 2.45) is 0 Å². The predicted molar refractivity (Wildman–Crippen MR) is 79.8 cm³/mol. The molecule has 0 spiro atoms. The van der Waals surface area contributed by atoms with Gasteiger partial charge in [-0.3, -0.25) is 0 Å². The maximum atomic E-state index is 11.8. The lowest BCUT2D eigenvalue weighted by Crippen LogP contribution is -2.31. The first-order valence-corrected chi connectivity index (χ1v) is 7.13. The molecule has 0 aliphatic carbocycles. The van der Waals surface area contributed by atoms with Crippen molar-refractivity contribution >= 4 is 5.97 Å². The van der Waals surface area contributed by atoms with Crippen LogP contribution >= 0.6 is 0 Å². The molecule has 1 aromatic carbocycles. The van der Waals surface area contributed by atoms with E-state index in [4.69, 9.17) is 9.47 Å².